The SMILES string of the molecule is CNCC1CCCN1S(=O)(=O)c1c(OC)cc(OC)cc1OC. The van der Waals surface area contributed by atoms with Gasteiger partial charge in [-0.15, -0.1) is 0 Å². The fourth-order valence-corrected chi connectivity index (χ4v) is 4.88. The van der Waals surface area contributed by atoms with Crippen molar-refractivity contribution in [2.24, 2.45) is 0 Å². The van der Waals surface area contributed by atoms with Crippen LogP contribution in [0.2, 0.25) is 0 Å². The van der Waals surface area contributed by atoms with E-state index in [-0.39, 0.29) is 22.4 Å². The van der Waals surface area contributed by atoms with Crippen LogP contribution in [0.25, 0.3) is 0 Å². The number of ether oxygens (including phenoxy) is 3. The van der Waals surface area contributed by atoms with Gasteiger partial charge in [0.1, 0.15) is 17.2 Å². The summed E-state index contributed by atoms with van der Waals surface area (Å²) in [4.78, 5) is 0.0475. The lowest BCUT2D eigenvalue weighted by molar-refractivity contribution is 0.346. The molecule has 0 aliphatic carbocycles. The summed E-state index contributed by atoms with van der Waals surface area (Å²) in [6.45, 7) is 1.10. The molecular weight excluding hydrogens is 320 g/mol. The van der Waals surface area contributed by atoms with Crippen molar-refractivity contribution >= 4 is 10.0 Å². The molecule has 1 aromatic rings. The summed E-state index contributed by atoms with van der Waals surface area (Å²) in [6.07, 6.45) is 1.67. The Morgan fingerprint density at radius 1 is 1.17 bits per heavy atom. The van der Waals surface area contributed by atoms with E-state index in [4.69, 9.17) is 14.2 Å². The van der Waals surface area contributed by atoms with E-state index in [1.807, 2.05) is 7.05 Å². The molecule has 0 spiro atoms. The maximum Gasteiger partial charge on any atom is 0.250 e. The van der Waals surface area contributed by atoms with Gasteiger partial charge in [0.15, 0.2) is 4.90 Å². The number of rotatable bonds is 7. The fraction of sp³-hybridized carbons (Fsp3) is 0.600. The lowest BCUT2D eigenvalue weighted by atomic mass is 10.2. The Hall–Kier alpha value is -1.51. The van der Waals surface area contributed by atoms with Gasteiger partial charge in [-0.05, 0) is 19.9 Å². The molecule has 7 nitrogen and oxygen atoms in total. The highest BCUT2D eigenvalue weighted by Gasteiger charge is 2.38. The average molecular weight is 344 g/mol. The van der Waals surface area contributed by atoms with E-state index in [1.54, 1.807) is 12.1 Å². The van der Waals surface area contributed by atoms with Gasteiger partial charge in [-0.1, -0.05) is 0 Å². The molecule has 0 amide bonds. The Bertz CT molecular complexity index is 622. The van der Waals surface area contributed by atoms with E-state index in [0.717, 1.165) is 12.8 Å². The van der Waals surface area contributed by atoms with E-state index in [1.165, 1.54) is 25.6 Å². The molecule has 1 aliphatic heterocycles. The minimum Gasteiger partial charge on any atom is -0.496 e. The molecule has 0 aromatic heterocycles. The maximum atomic E-state index is 13.2. The molecule has 0 radical (unpaired) electrons. The standard InChI is InChI=1S/C15H24N2O5S/c1-16-10-11-6-5-7-17(11)23(18,19)15-13(21-3)8-12(20-2)9-14(15)22-4/h8-9,11,16H,5-7,10H2,1-4H3. The first-order chi connectivity index (χ1) is 11.0. The minimum absolute atomic E-state index is 0.0475. The second-order valence-corrected chi connectivity index (χ2v) is 7.16. The number of benzene rings is 1. The lowest BCUT2D eigenvalue weighted by Gasteiger charge is -2.25. The Morgan fingerprint density at radius 2 is 1.78 bits per heavy atom. The number of likely N-dealkylation sites (N-methyl/N-ethyl adjacent to an activating group) is 1. The minimum atomic E-state index is -3.73. The molecule has 8 heteroatoms. The third-order valence-corrected chi connectivity index (χ3v) is 6.02. The van der Waals surface area contributed by atoms with Crippen molar-refractivity contribution in [2.75, 3.05) is 41.5 Å². The largest absolute Gasteiger partial charge is 0.496 e. The third kappa shape index (κ3) is 3.39. The van der Waals surface area contributed by atoms with E-state index in [0.29, 0.717) is 18.8 Å². The predicted molar refractivity (Wildman–Crippen MR) is 86.9 cm³/mol. The molecule has 23 heavy (non-hydrogen) atoms. The summed E-state index contributed by atoms with van der Waals surface area (Å²) in [5.41, 5.74) is 0. The zero-order valence-electron chi connectivity index (χ0n) is 14.0. The van der Waals surface area contributed by atoms with E-state index in [9.17, 15) is 8.42 Å². The molecule has 1 heterocycles. The van der Waals surface area contributed by atoms with Gasteiger partial charge in [0, 0.05) is 31.3 Å². The summed E-state index contributed by atoms with van der Waals surface area (Å²) in [6, 6.07) is 3.04. The van der Waals surface area contributed by atoms with Gasteiger partial charge in [-0.2, -0.15) is 4.31 Å². The summed E-state index contributed by atoms with van der Waals surface area (Å²) in [7, 11) is 2.46. The van der Waals surface area contributed by atoms with Gasteiger partial charge in [0.2, 0.25) is 0 Å². The molecule has 0 saturated carbocycles. The summed E-state index contributed by atoms with van der Waals surface area (Å²) >= 11 is 0. The molecule has 1 unspecified atom stereocenters. The van der Waals surface area contributed by atoms with E-state index >= 15 is 0 Å². The fourth-order valence-electron chi connectivity index (χ4n) is 2.91. The molecule has 1 N–H and O–H groups in total. The van der Waals surface area contributed by atoms with Crippen LogP contribution in [0.3, 0.4) is 0 Å². The van der Waals surface area contributed by atoms with Crippen LogP contribution in [-0.2, 0) is 10.0 Å². The van der Waals surface area contributed by atoms with Crippen molar-refractivity contribution in [3.05, 3.63) is 12.1 Å². The van der Waals surface area contributed by atoms with Crippen molar-refractivity contribution in [1.29, 1.82) is 0 Å². The first kappa shape index (κ1) is 17.8. The van der Waals surface area contributed by atoms with Gasteiger partial charge < -0.3 is 19.5 Å². The molecular formula is C15H24N2O5S. The summed E-state index contributed by atoms with van der Waals surface area (Å²) < 4.78 is 43.6. The first-order valence-electron chi connectivity index (χ1n) is 7.46. The molecule has 0 bridgehead atoms. The Kier molecular flexibility index (Phi) is 5.72. The smallest absolute Gasteiger partial charge is 0.250 e. The van der Waals surface area contributed by atoms with E-state index < -0.39 is 10.0 Å². The molecule has 1 fully saturated rings. The van der Waals surface area contributed by atoms with Crippen molar-refractivity contribution in [3.63, 3.8) is 0 Å². The number of hydrogen-bond acceptors (Lipinski definition) is 6. The van der Waals surface area contributed by atoms with Gasteiger partial charge >= 0.3 is 0 Å². The Balaban J connectivity index is 2.54. The van der Waals surface area contributed by atoms with Crippen LogP contribution < -0.4 is 19.5 Å². The zero-order chi connectivity index (χ0) is 17.0. The van der Waals surface area contributed by atoms with Crippen LogP contribution in [0, 0.1) is 0 Å². The highest BCUT2D eigenvalue weighted by molar-refractivity contribution is 7.89. The van der Waals surface area contributed by atoms with Gasteiger partial charge in [-0.25, -0.2) is 8.42 Å². The molecule has 1 saturated heterocycles. The first-order valence-corrected chi connectivity index (χ1v) is 8.90. The Morgan fingerprint density at radius 3 is 2.26 bits per heavy atom. The van der Waals surface area contributed by atoms with Crippen molar-refractivity contribution in [3.8, 4) is 17.2 Å². The van der Waals surface area contributed by atoms with Crippen LogP contribution >= 0.6 is 0 Å². The number of methoxy groups -OCH3 is 3. The number of sulfonamides is 1. The van der Waals surface area contributed by atoms with Crippen LogP contribution in [0.15, 0.2) is 17.0 Å². The van der Waals surface area contributed by atoms with Crippen LogP contribution in [0.4, 0.5) is 0 Å². The second kappa shape index (κ2) is 7.37. The summed E-state index contributed by atoms with van der Waals surface area (Å²) in [5.74, 6) is 0.915. The maximum absolute atomic E-state index is 13.2. The van der Waals surface area contributed by atoms with Crippen molar-refractivity contribution in [2.45, 2.75) is 23.8 Å². The van der Waals surface area contributed by atoms with Crippen LogP contribution in [0.1, 0.15) is 12.8 Å². The molecule has 1 aromatic carbocycles. The highest BCUT2D eigenvalue weighted by atomic mass is 32.2. The number of nitrogens with zero attached hydrogens (tertiary/aromatic N) is 1. The molecule has 130 valence electrons. The van der Waals surface area contributed by atoms with Crippen molar-refractivity contribution < 1.29 is 22.6 Å². The monoisotopic (exact) mass is 344 g/mol. The van der Waals surface area contributed by atoms with Crippen LogP contribution in [-0.4, -0.2) is 60.2 Å². The Labute approximate surface area is 137 Å². The number of hydrogen-bond donors (Lipinski definition) is 1. The molecule has 1 aliphatic rings. The topological polar surface area (TPSA) is 77.1 Å². The number of nitrogens with one attached hydrogen (secondary N) is 1. The average Bonchev–Trinajstić information content (AvgIpc) is 3.02. The van der Waals surface area contributed by atoms with Gasteiger partial charge in [0.25, 0.3) is 10.0 Å². The van der Waals surface area contributed by atoms with Crippen molar-refractivity contribution in [1.82, 2.24) is 9.62 Å². The van der Waals surface area contributed by atoms with Gasteiger partial charge in [0.05, 0.1) is 21.3 Å². The highest BCUT2D eigenvalue weighted by Crippen LogP contribution is 2.40. The second-order valence-electron chi connectivity index (χ2n) is 5.33. The van der Waals surface area contributed by atoms with E-state index in [2.05, 4.69) is 5.32 Å². The predicted octanol–water partition coefficient (Wildman–Crippen LogP) is 1.08. The quantitative estimate of drug-likeness (QED) is 0.798. The lowest BCUT2D eigenvalue weighted by Crippen LogP contribution is -2.41. The normalized spacial score (nSPS) is 18.9. The third-order valence-electron chi connectivity index (χ3n) is 4.00. The zero-order valence-corrected chi connectivity index (χ0v) is 14.8. The van der Waals surface area contributed by atoms with Crippen LogP contribution in [0.5, 0.6) is 17.2 Å². The van der Waals surface area contributed by atoms with Gasteiger partial charge in [-0.3, -0.25) is 0 Å². The summed E-state index contributed by atoms with van der Waals surface area (Å²) in [5, 5.41) is 3.05. The molecule has 2 rings (SSSR count). The molecule has 1 atom stereocenters.